The van der Waals surface area contributed by atoms with E-state index in [4.69, 9.17) is 0 Å². The fourth-order valence-corrected chi connectivity index (χ4v) is 4.55. The number of aryl methyl sites for hydroxylation is 2. The quantitative estimate of drug-likeness (QED) is 0.718. The molecule has 1 aliphatic heterocycles. The summed E-state index contributed by atoms with van der Waals surface area (Å²) in [6.07, 6.45) is 0. The lowest BCUT2D eigenvalue weighted by Crippen LogP contribution is -2.34. The number of carbonyl (C=O) groups excluding carboxylic acids is 1. The third kappa shape index (κ3) is 3.90. The van der Waals surface area contributed by atoms with E-state index in [0.717, 1.165) is 29.1 Å². The van der Waals surface area contributed by atoms with Gasteiger partial charge in [0.25, 0.3) is 0 Å². The number of nitrogens with zero attached hydrogens (tertiary/aromatic N) is 1. The molecule has 1 heterocycles. The fourth-order valence-electron chi connectivity index (χ4n) is 3.29. The molecule has 3 nitrogen and oxygen atoms in total. The molecule has 0 aromatic heterocycles. The molecule has 2 aromatic carbocycles. The van der Waals surface area contributed by atoms with Gasteiger partial charge in [0.15, 0.2) is 0 Å². The minimum absolute atomic E-state index is 0.0164. The van der Waals surface area contributed by atoms with Crippen LogP contribution in [-0.4, -0.2) is 23.2 Å². The SMILES string of the molecule is Cc1cccc(C)c1NC(=O)N1CCSC1c1ccc(C(C)(C)C)cc1. The number of carbonyl (C=O) groups is 1. The highest BCUT2D eigenvalue weighted by Crippen LogP contribution is 2.39. The minimum Gasteiger partial charge on any atom is -0.308 e. The van der Waals surface area contributed by atoms with Crippen LogP contribution < -0.4 is 5.32 Å². The molecule has 0 saturated carbocycles. The van der Waals surface area contributed by atoms with Gasteiger partial charge in [-0.25, -0.2) is 4.79 Å². The summed E-state index contributed by atoms with van der Waals surface area (Å²) in [7, 11) is 0. The van der Waals surface area contributed by atoms with Crippen molar-refractivity contribution in [2.75, 3.05) is 17.6 Å². The number of hydrogen-bond acceptors (Lipinski definition) is 2. The zero-order valence-corrected chi connectivity index (χ0v) is 17.1. The lowest BCUT2D eigenvalue weighted by Gasteiger charge is -2.26. The summed E-state index contributed by atoms with van der Waals surface area (Å²) < 4.78 is 0. The third-order valence-corrected chi connectivity index (χ3v) is 6.19. The number of urea groups is 1. The van der Waals surface area contributed by atoms with Crippen LogP contribution in [0, 0.1) is 13.8 Å². The van der Waals surface area contributed by atoms with Crippen LogP contribution in [0.2, 0.25) is 0 Å². The van der Waals surface area contributed by atoms with Gasteiger partial charge in [-0.2, -0.15) is 0 Å². The molecular weight excluding hydrogens is 340 g/mol. The summed E-state index contributed by atoms with van der Waals surface area (Å²) in [6.45, 7) is 11.5. The molecule has 4 heteroatoms. The molecule has 1 N–H and O–H groups in total. The smallest absolute Gasteiger partial charge is 0.308 e. The summed E-state index contributed by atoms with van der Waals surface area (Å²) in [5, 5.41) is 3.21. The Morgan fingerprint density at radius 2 is 1.69 bits per heavy atom. The number of para-hydroxylation sites is 1. The Kier molecular flexibility index (Phi) is 5.33. The van der Waals surface area contributed by atoms with Crippen LogP contribution in [0.3, 0.4) is 0 Å². The summed E-state index contributed by atoms with van der Waals surface area (Å²) in [4.78, 5) is 14.9. The van der Waals surface area contributed by atoms with E-state index in [9.17, 15) is 4.79 Å². The van der Waals surface area contributed by atoms with Crippen LogP contribution in [0.5, 0.6) is 0 Å². The van der Waals surface area contributed by atoms with Crippen LogP contribution in [-0.2, 0) is 5.41 Å². The van der Waals surface area contributed by atoms with Crippen molar-refractivity contribution in [1.82, 2.24) is 4.90 Å². The van der Waals surface area contributed by atoms with Crippen molar-refractivity contribution < 1.29 is 4.79 Å². The van der Waals surface area contributed by atoms with Crippen LogP contribution in [0.15, 0.2) is 42.5 Å². The van der Waals surface area contributed by atoms with E-state index in [1.54, 1.807) is 0 Å². The monoisotopic (exact) mass is 368 g/mol. The third-order valence-electron chi connectivity index (χ3n) is 4.93. The maximum atomic E-state index is 12.9. The Morgan fingerprint density at radius 1 is 1.08 bits per heavy atom. The lowest BCUT2D eigenvalue weighted by molar-refractivity contribution is 0.214. The second-order valence-electron chi connectivity index (χ2n) is 7.99. The number of amides is 2. The standard InChI is InChI=1S/C22H28N2OS/c1-15-7-6-8-16(2)19(15)23-21(25)24-13-14-26-20(24)17-9-11-18(12-10-17)22(3,4)5/h6-12,20H,13-14H2,1-5H3,(H,23,25). The zero-order valence-electron chi connectivity index (χ0n) is 16.3. The number of benzene rings is 2. The van der Waals surface area contributed by atoms with E-state index >= 15 is 0 Å². The van der Waals surface area contributed by atoms with Gasteiger partial charge in [0.1, 0.15) is 5.37 Å². The molecule has 138 valence electrons. The van der Waals surface area contributed by atoms with Gasteiger partial charge in [-0.15, -0.1) is 11.8 Å². The van der Waals surface area contributed by atoms with E-state index in [1.807, 2.05) is 48.7 Å². The van der Waals surface area contributed by atoms with E-state index in [2.05, 4.69) is 50.4 Å². The van der Waals surface area contributed by atoms with Gasteiger partial charge in [0, 0.05) is 18.0 Å². The molecule has 1 saturated heterocycles. The molecule has 1 fully saturated rings. The Hall–Kier alpha value is -1.94. The van der Waals surface area contributed by atoms with Gasteiger partial charge in [-0.1, -0.05) is 63.2 Å². The van der Waals surface area contributed by atoms with E-state index in [0.29, 0.717) is 0 Å². The van der Waals surface area contributed by atoms with Crippen molar-refractivity contribution in [3.8, 4) is 0 Å². The summed E-state index contributed by atoms with van der Waals surface area (Å²) in [6, 6.07) is 14.8. The van der Waals surface area contributed by atoms with Crippen LogP contribution in [0.1, 0.15) is 48.4 Å². The highest BCUT2D eigenvalue weighted by molar-refractivity contribution is 7.99. The first-order chi connectivity index (χ1) is 12.3. The predicted octanol–water partition coefficient (Wildman–Crippen LogP) is 5.88. The van der Waals surface area contributed by atoms with Gasteiger partial charge in [-0.05, 0) is 41.5 Å². The van der Waals surface area contributed by atoms with Crippen LogP contribution >= 0.6 is 11.8 Å². The van der Waals surface area contributed by atoms with Crippen LogP contribution in [0.4, 0.5) is 10.5 Å². The fraction of sp³-hybridized carbons (Fsp3) is 0.409. The second kappa shape index (κ2) is 7.36. The average molecular weight is 369 g/mol. The topological polar surface area (TPSA) is 32.3 Å². The first-order valence-corrected chi connectivity index (χ1v) is 10.2. The van der Waals surface area contributed by atoms with Gasteiger partial charge in [0.05, 0.1) is 0 Å². The van der Waals surface area contributed by atoms with Crippen molar-refractivity contribution in [2.24, 2.45) is 0 Å². The molecular formula is C22H28N2OS. The summed E-state index contributed by atoms with van der Waals surface area (Å²) in [5.74, 6) is 0.964. The maximum absolute atomic E-state index is 12.9. The van der Waals surface area contributed by atoms with Crippen LogP contribution in [0.25, 0.3) is 0 Å². The predicted molar refractivity (Wildman–Crippen MR) is 112 cm³/mol. The largest absolute Gasteiger partial charge is 0.323 e. The first-order valence-electron chi connectivity index (χ1n) is 9.13. The van der Waals surface area contributed by atoms with E-state index < -0.39 is 0 Å². The Balaban J connectivity index is 1.78. The lowest BCUT2D eigenvalue weighted by atomic mass is 9.87. The van der Waals surface area contributed by atoms with Crippen molar-refractivity contribution in [3.05, 3.63) is 64.7 Å². The molecule has 0 bridgehead atoms. The average Bonchev–Trinajstić information content (AvgIpc) is 3.07. The summed E-state index contributed by atoms with van der Waals surface area (Å²) in [5.41, 5.74) is 5.76. The van der Waals surface area contributed by atoms with Gasteiger partial charge >= 0.3 is 6.03 Å². The molecule has 1 unspecified atom stereocenters. The van der Waals surface area contributed by atoms with Gasteiger partial charge in [-0.3, -0.25) is 0 Å². The zero-order chi connectivity index (χ0) is 18.9. The van der Waals surface area contributed by atoms with Crippen molar-refractivity contribution in [1.29, 1.82) is 0 Å². The van der Waals surface area contributed by atoms with Crippen molar-refractivity contribution >= 4 is 23.5 Å². The van der Waals surface area contributed by atoms with Gasteiger partial charge in [0.2, 0.25) is 0 Å². The molecule has 0 aliphatic carbocycles. The molecule has 0 radical (unpaired) electrons. The van der Waals surface area contributed by atoms with Gasteiger partial charge < -0.3 is 10.2 Å². The van der Waals surface area contributed by atoms with Crippen molar-refractivity contribution in [2.45, 2.75) is 45.4 Å². The minimum atomic E-state index is -0.0164. The summed E-state index contributed by atoms with van der Waals surface area (Å²) >= 11 is 1.83. The maximum Gasteiger partial charge on any atom is 0.323 e. The normalized spacial score (nSPS) is 17.4. The number of hydrogen-bond donors (Lipinski definition) is 1. The highest BCUT2D eigenvalue weighted by atomic mass is 32.2. The first kappa shape index (κ1) is 18.8. The molecule has 1 atom stereocenters. The highest BCUT2D eigenvalue weighted by Gasteiger charge is 2.31. The molecule has 2 amide bonds. The van der Waals surface area contributed by atoms with E-state index in [-0.39, 0.29) is 16.8 Å². The van der Waals surface area contributed by atoms with Crippen molar-refractivity contribution in [3.63, 3.8) is 0 Å². The Labute approximate surface area is 161 Å². The second-order valence-corrected chi connectivity index (χ2v) is 9.17. The Morgan fingerprint density at radius 3 is 2.27 bits per heavy atom. The molecule has 1 aliphatic rings. The Bertz CT molecular complexity index is 773. The van der Waals surface area contributed by atoms with E-state index in [1.165, 1.54) is 11.1 Å². The number of thioether (sulfide) groups is 1. The number of nitrogens with one attached hydrogen (secondary N) is 1. The number of anilines is 1. The molecule has 2 aromatic rings. The molecule has 26 heavy (non-hydrogen) atoms. The molecule has 0 spiro atoms. The number of rotatable bonds is 2. The molecule has 3 rings (SSSR count).